The van der Waals surface area contributed by atoms with Crippen LogP contribution in [0.1, 0.15) is 9.67 Å². The average Bonchev–Trinajstić information content (AvgIpc) is 3.28. The molecule has 0 spiro atoms. The van der Waals surface area contributed by atoms with Gasteiger partial charge in [-0.05, 0) is 36.4 Å². The molecular formula is C17H9FN4O4S. The molecular weight excluding hydrogens is 375 g/mol. The number of aromatic nitrogens is 2. The number of nitrogens with zero attached hydrogens (tertiary/aromatic N) is 3. The summed E-state index contributed by atoms with van der Waals surface area (Å²) in [6, 6.07) is 11.3. The topological polar surface area (TPSA) is 111 Å². The number of thiophene rings is 1. The van der Waals surface area contributed by atoms with Gasteiger partial charge in [0.15, 0.2) is 0 Å². The van der Waals surface area contributed by atoms with E-state index in [0.29, 0.717) is 15.8 Å². The molecule has 0 unspecified atom stereocenters. The highest BCUT2D eigenvalue weighted by molar-refractivity contribution is 7.20. The number of rotatable bonds is 4. The summed E-state index contributed by atoms with van der Waals surface area (Å²) in [6.45, 7) is 0. The highest BCUT2D eigenvalue weighted by Gasteiger charge is 2.16. The van der Waals surface area contributed by atoms with Crippen molar-refractivity contribution in [3.8, 4) is 11.5 Å². The van der Waals surface area contributed by atoms with Crippen molar-refractivity contribution < 1.29 is 18.5 Å². The van der Waals surface area contributed by atoms with Crippen LogP contribution in [-0.4, -0.2) is 21.0 Å². The molecule has 27 heavy (non-hydrogen) atoms. The van der Waals surface area contributed by atoms with Crippen molar-refractivity contribution in [3.05, 3.63) is 69.3 Å². The molecule has 1 N–H and O–H groups in total. The summed E-state index contributed by atoms with van der Waals surface area (Å²) in [4.78, 5) is 23.1. The van der Waals surface area contributed by atoms with Gasteiger partial charge in [-0.25, -0.2) is 4.39 Å². The van der Waals surface area contributed by atoms with Crippen LogP contribution in [0.15, 0.2) is 52.9 Å². The maximum absolute atomic E-state index is 13.0. The third-order valence-electron chi connectivity index (χ3n) is 3.67. The van der Waals surface area contributed by atoms with Crippen molar-refractivity contribution in [2.24, 2.45) is 0 Å². The van der Waals surface area contributed by atoms with E-state index >= 15 is 0 Å². The van der Waals surface area contributed by atoms with Gasteiger partial charge in [0, 0.05) is 27.8 Å². The Kier molecular flexibility index (Phi) is 4.09. The number of fused-ring (bicyclic) bond motifs is 1. The van der Waals surface area contributed by atoms with Gasteiger partial charge in [-0.1, -0.05) is 5.10 Å². The number of nitro groups is 1. The first-order valence-electron chi connectivity index (χ1n) is 7.58. The molecule has 10 heteroatoms. The van der Waals surface area contributed by atoms with Crippen molar-refractivity contribution in [1.29, 1.82) is 0 Å². The molecule has 0 aliphatic heterocycles. The predicted octanol–water partition coefficient (Wildman–Crippen LogP) is 4.25. The van der Waals surface area contributed by atoms with E-state index in [2.05, 4.69) is 15.5 Å². The number of benzene rings is 2. The lowest BCUT2D eigenvalue weighted by Gasteiger charge is -1.96. The smallest absolute Gasteiger partial charge is 0.322 e. The second-order valence-corrected chi connectivity index (χ2v) is 6.55. The Labute approximate surface area is 154 Å². The molecule has 2 aromatic carbocycles. The van der Waals surface area contributed by atoms with E-state index in [1.54, 1.807) is 12.1 Å². The van der Waals surface area contributed by atoms with Crippen LogP contribution in [0.25, 0.3) is 21.5 Å². The van der Waals surface area contributed by atoms with Gasteiger partial charge in [-0.2, -0.15) is 0 Å². The highest BCUT2D eigenvalue weighted by atomic mass is 32.1. The Bertz CT molecular complexity index is 1170. The van der Waals surface area contributed by atoms with Gasteiger partial charge in [0.2, 0.25) is 5.89 Å². The second-order valence-electron chi connectivity index (χ2n) is 5.46. The largest absolute Gasteiger partial charge is 0.403 e. The number of nitrogens with one attached hydrogen (secondary N) is 1. The monoisotopic (exact) mass is 384 g/mol. The van der Waals surface area contributed by atoms with E-state index < -0.39 is 16.6 Å². The van der Waals surface area contributed by atoms with E-state index in [9.17, 15) is 19.3 Å². The summed E-state index contributed by atoms with van der Waals surface area (Å²) in [5.74, 6) is -0.734. The molecule has 1 amide bonds. The van der Waals surface area contributed by atoms with Crippen molar-refractivity contribution in [3.63, 3.8) is 0 Å². The summed E-state index contributed by atoms with van der Waals surface area (Å²) in [6.07, 6.45) is 0. The molecule has 4 rings (SSSR count). The number of hydrogen-bond donors (Lipinski definition) is 1. The Balaban J connectivity index is 1.54. The summed E-state index contributed by atoms with van der Waals surface area (Å²) < 4.78 is 19.1. The molecule has 2 heterocycles. The minimum absolute atomic E-state index is 0.0481. The third-order valence-corrected chi connectivity index (χ3v) is 4.79. The van der Waals surface area contributed by atoms with Gasteiger partial charge < -0.3 is 4.42 Å². The molecule has 0 saturated heterocycles. The quantitative estimate of drug-likeness (QED) is 0.416. The Morgan fingerprint density at radius 1 is 1.15 bits per heavy atom. The predicted molar refractivity (Wildman–Crippen MR) is 96.1 cm³/mol. The molecule has 2 aromatic heterocycles. The van der Waals surface area contributed by atoms with Crippen LogP contribution in [0.5, 0.6) is 0 Å². The summed E-state index contributed by atoms with van der Waals surface area (Å²) in [5, 5.41) is 21.5. The number of amides is 1. The number of anilines is 1. The van der Waals surface area contributed by atoms with Crippen molar-refractivity contribution >= 4 is 39.0 Å². The number of nitro benzene ring substituents is 1. The normalized spacial score (nSPS) is 10.9. The minimum atomic E-state index is -0.494. The molecule has 4 aromatic rings. The molecule has 0 aliphatic rings. The molecule has 8 nitrogen and oxygen atoms in total. The van der Waals surface area contributed by atoms with Crippen LogP contribution < -0.4 is 5.32 Å². The lowest BCUT2D eigenvalue weighted by atomic mass is 10.2. The van der Waals surface area contributed by atoms with Crippen LogP contribution in [0, 0.1) is 15.9 Å². The number of non-ortho nitro benzene ring substituents is 1. The second kappa shape index (κ2) is 6.57. The number of carbonyl (C=O) groups excluding carboxylic acids is 1. The Morgan fingerprint density at radius 2 is 1.93 bits per heavy atom. The first kappa shape index (κ1) is 16.8. The summed E-state index contributed by atoms with van der Waals surface area (Å²) in [5.41, 5.74) is 0.465. The molecule has 0 fully saturated rings. The molecule has 0 atom stereocenters. The maximum Gasteiger partial charge on any atom is 0.322 e. The molecule has 0 bridgehead atoms. The van der Waals surface area contributed by atoms with Crippen LogP contribution in [-0.2, 0) is 0 Å². The van der Waals surface area contributed by atoms with Gasteiger partial charge in [0.25, 0.3) is 11.6 Å². The zero-order chi connectivity index (χ0) is 19.0. The SMILES string of the molecule is O=C(Nc1nnc(-c2ccc(F)cc2)o1)c1cc2cc([N+](=O)[O-])ccc2s1. The maximum atomic E-state index is 13.0. The average molecular weight is 384 g/mol. The highest BCUT2D eigenvalue weighted by Crippen LogP contribution is 2.29. The fourth-order valence-corrected chi connectivity index (χ4v) is 3.34. The summed E-state index contributed by atoms with van der Waals surface area (Å²) >= 11 is 1.18. The first-order chi connectivity index (χ1) is 13.0. The standard InChI is InChI=1S/C17H9FN4O4S/c18-11-3-1-9(2-4-11)16-20-21-17(26-16)19-15(23)14-8-10-7-12(22(24)25)5-6-13(10)27-14/h1-8H,(H,19,21,23). The van der Waals surface area contributed by atoms with Crippen molar-refractivity contribution in [2.75, 3.05) is 5.32 Å². The molecule has 0 aliphatic carbocycles. The fraction of sp³-hybridized carbons (Fsp3) is 0. The fourth-order valence-electron chi connectivity index (χ4n) is 2.40. The van der Waals surface area contributed by atoms with Crippen molar-refractivity contribution in [1.82, 2.24) is 10.2 Å². The Morgan fingerprint density at radius 3 is 2.67 bits per heavy atom. The van der Waals surface area contributed by atoms with Gasteiger partial charge >= 0.3 is 6.01 Å². The van der Waals surface area contributed by atoms with E-state index in [-0.39, 0.29) is 17.6 Å². The molecule has 0 radical (unpaired) electrons. The van der Waals surface area contributed by atoms with Gasteiger partial charge in [-0.3, -0.25) is 20.2 Å². The lowest BCUT2D eigenvalue weighted by Crippen LogP contribution is -2.10. The van der Waals surface area contributed by atoms with Gasteiger partial charge in [0.1, 0.15) is 5.82 Å². The lowest BCUT2D eigenvalue weighted by molar-refractivity contribution is -0.384. The van der Waals surface area contributed by atoms with Crippen LogP contribution in [0.4, 0.5) is 16.1 Å². The van der Waals surface area contributed by atoms with Crippen molar-refractivity contribution in [2.45, 2.75) is 0 Å². The Hall–Kier alpha value is -3.66. The van der Waals surface area contributed by atoms with Crippen LogP contribution >= 0.6 is 11.3 Å². The first-order valence-corrected chi connectivity index (χ1v) is 8.40. The number of hydrogen-bond acceptors (Lipinski definition) is 7. The van der Waals surface area contributed by atoms with Crippen LogP contribution in [0.3, 0.4) is 0 Å². The number of carbonyl (C=O) groups is 1. The zero-order valence-electron chi connectivity index (χ0n) is 13.4. The van der Waals surface area contributed by atoms with E-state index in [4.69, 9.17) is 4.42 Å². The number of halogens is 1. The molecule has 0 saturated carbocycles. The van der Waals surface area contributed by atoms with Gasteiger partial charge in [0.05, 0.1) is 9.80 Å². The summed E-state index contributed by atoms with van der Waals surface area (Å²) in [7, 11) is 0. The van der Waals surface area contributed by atoms with Gasteiger partial charge in [-0.15, -0.1) is 16.4 Å². The third kappa shape index (κ3) is 3.37. The van der Waals surface area contributed by atoms with E-state index in [1.165, 1.54) is 47.7 Å². The van der Waals surface area contributed by atoms with E-state index in [1.807, 2.05) is 0 Å². The zero-order valence-corrected chi connectivity index (χ0v) is 14.2. The molecule has 134 valence electrons. The minimum Gasteiger partial charge on any atom is -0.403 e. The van der Waals surface area contributed by atoms with E-state index in [0.717, 1.165) is 4.70 Å². The van der Waals surface area contributed by atoms with Crippen LogP contribution in [0.2, 0.25) is 0 Å².